The molecule has 16 heavy (non-hydrogen) atoms. The summed E-state index contributed by atoms with van der Waals surface area (Å²) in [5.74, 6) is -0.537. The van der Waals surface area contributed by atoms with E-state index in [0.29, 0.717) is 12.5 Å². The van der Waals surface area contributed by atoms with Crippen LogP contribution in [-0.4, -0.2) is 41.4 Å². The molecule has 0 saturated heterocycles. The van der Waals surface area contributed by atoms with Gasteiger partial charge in [0.15, 0.2) is 6.04 Å². The molecule has 0 aliphatic heterocycles. The van der Waals surface area contributed by atoms with Crippen molar-refractivity contribution in [3.8, 4) is 0 Å². The summed E-state index contributed by atoms with van der Waals surface area (Å²) in [4.78, 5) is 21.7. The van der Waals surface area contributed by atoms with Crippen LogP contribution in [0.3, 0.4) is 0 Å². The molecule has 1 fully saturated rings. The fourth-order valence-corrected chi connectivity index (χ4v) is 1.57. The van der Waals surface area contributed by atoms with Gasteiger partial charge in [-0.1, -0.05) is 19.3 Å². The summed E-state index contributed by atoms with van der Waals surface area (Å²) in [5, 5.41) is 22.0. The molecular weight excluding hydrogens is 212 g/mol. The first-order valence-corrected chi connectivity index (χ1v) is 5.51. The third kappa shape index (κ3) is 4.06. The third-order valence-electron chi connectivity index (χ3n) is 2.85. The maximum Gasteiger partial charge on any atom is 0.328 e. The van der Waals surface area contributed by atoms with Gasteiger partial charge < -0.3 is 20.8 Å². The fraction of sp³-hybridized carbons (Fsp3) is 0.800. The normalized spacial score (nSPS) is 17.3. The topological polar surface area (TPSA) is 98.7 Å². The van der Waals surface area contributed by atoms with Crippen molar-refractivity contribution in [1.29, 1.82) is 0 Å². The van der Waals surface area contributed by atoms with Gasteiger partial charge in [-0.25, -0.2) is 9.59 Å². The first kappa shape index (κ1) is 12.8. The monoisotopic (exact) mass is 230 g/mol. The summed E-state index contributed by atoms with van der Waals surface area (Å²) >= 11 is 0. The zero-order valence-electron chi connectivity index (χ0n) is 9.11. The molecule has 0 aromatic heterocycles. The van der Waals surface area contributed by atoms with E-state index < -0.39 is 24.6 Å². The predicted molar refractivity (Wildman–Crippen MR) is 57.0 cm³/mol. The zero-order chi connectivity index (χ0) is 12.0. The molecule has 1 unspecified atom stereocenters. The van der Waals surface area contributed by atoms with Gasteiger partial charge in [-0.3, -0.25) is 0 Å². The Balaban J connectivity index is 2.11. The van der Waals surface area contributed by atoms with Crippen molar-refractivity contribution in [1.82, 2.24) is 10.6 Å². The summed E-state index contributed by atoms with van der Waals surface area (Å²) in [6.45, 7) is -0.0559. The Morgan fingerprint density at radius 3 is 2.50 bits per heavy atom. The second-order valence-electron chi connectivity index (χ2n) is 4.06. The number of aliphatic hydroxyl groups excluding tert-OH is 1. The molecule has 0 aromatic carbocycles. The van der Waals surface area contributed by atoms with Gasteiger partial charge in [0.1, 0.15) is 0 Å². The SMILES string of the molecule is O=C(NCCC1CCC1)NC(CO)C(=O)O. The van der Waals surface area contributed by atoms with E-state index in [4.69, 9.17) is 10.2 Å². The van der Waals surface area contributed by atoms with Crippen LogP contribution < -0.4 is 10.6 Å². The lowest BCUT2D eigenvalue weighted by Crippen LogP contribution is -2.48. The minimum absolute atomic E-state index is 0.541. The van der Waals surface area contributed by atoms with Crippen molar-refractivity contribution in [2.45, 2.75) is 31.7 Å². The van der Waals surface area contributed by atoms with Gasteiger partial charge in [-0.2, -0.15) is 0 Å². The number of carbonyl (C=O) groups excluding carboxylic acids is 1. The maximum atomic E-state index is 11.2. The van der Waals surface area contributed by atoms with Gasteiger partial charge in [0.2, 0.25) is 0 Å². The van der Waals surface area contributed by atoms with Gasteiger partial charge in [0.05, 0.1) is 6.61 Å². The third-order valence-corrected chi connectivity index (χ3v) is 2.85. The molecule has 0 heterocycles. The van der Waals surface area contributed by atoms with Crippen molar-refractivity contribution in [2.75, 3.05) is 13.2 Å². The Labute approximate surface area is 94.0 Å². The molecule has 92 valence electrons. The molecule has 1 rings (SSSR count). The van der Waals surface area contributed by atoms with Crippen LogP contribution in [0.2, 0.25) is 0 Å². The fourth-order valence-electron chi connectivity index (χ4n) is 1.57. The summed E-state index contributed by atoms with van der Waals surface area (Å²) < 4.78 is 0. The van der Waals surface area contributed by atoms with Crippen LogP contribution in [0.5, 0.6) is 0 Å². The number of amides is 2. The molecule has 4 N–H and O–H groups in total. The lowest BCUT2D eigenvalue weighted by atomic mass is 9.83. The Hall–Kier alpha value is -1.30. The second-order valence-corrected chi connectivity index (χ2v) is 4.06. The number of carboxylic acids is 1. The molecule has 1 aliphatic carbocycles. The highest BCUT2D eigenvalue weighted by Gasteiger charge is 2.19. The highest BCUT2D eigenvalue weighted by molar-refractivity contribution is 5.82. The van der Waals surface area contributed by atoms with Crippen molar-refractivity contribution >= 4 is 12.0 Å². The van der Waals surface area contributed by atoms with Crippen LogP contribution in [0.15, 0.2) is 0 Å². The number of rotatable bonds is 6. The first-order valence-electron chi connectivity index (χ1n) is 5.51. The minimum Gasteiger partial charge on any atom is -0.480 e. The molecule has 1 saturated carbocycles. The molecule has 6 heteroatoms. The minimum atomic E-state index is -1.24. The zero-order valence-corrected chi connectivity index (χ0v) is 9.11. The van der Waals surface area contributed by atoms with Crippen molar-refractivity contribution in [3.63, 3.8) is 0 Å². The Morgan fingerprint density at radius 1 is 1.38 bits per heavy atom. The quantitative estimate of drug-likeness (QED) is 0.513. The van der Waals surface area contributed by atoms with Crippen LogP contribution in [0, 0.1) is 5.92 Å². The van der Waals surface area contributed by atoms with E-state index in [-0.39, 0.29) is 0 Å². The lowest BCUT2D eigenvalue weighted by molar-refractivity contribution is -0.140. The van der Waals surface area contributed by atoms with Crippen molar-refractivity contribution in [3.05, 3.63) is 0 Å². The molecule has 1 atom stereocenters. The van der Waals surface area contributed by atoms with Gasteiger partial charge in [-0.15, -0.1) is 0 Å². The molecule has 0 aromatic rings. The van der Waals surface area contributed by atoms with Crippen LogP contribution in [0.4, 0.5) is 4.79 Å². The summed E-state index contributed by atoms with van der Waals surface area (Å²) in [6, 6.07) is -1.77. The molecule has 0 spiro atoms. The largest absolute Gasteiger partial charge is 0.480 e. The number of hydrogen-bond acceptors (Lipinski definition) is 3. The average molecular weight is 230 g/mol. The number of nitrogens with one attached hydrogen (secondary N) is 2. The highest BCUT2D eigenvalue weighted by Crippen LogP contribution is 2.28. The van der Waals surface area contributed by atoms with Crippen LogP contribution in [0.25, 0.3) is 0 Å². The molecule has 2 amide bonds. The van der Waals surface area contributed by atoms with Gasteiger partial charge in [0.25, 0.3) is 0 Å². The number of urea groups is 1. The van der Waals surface area contributed by atoms with Crippen molar-refractivity contribution in [2.24, 2.45) is 5.92 Å². The van der Waals surface area contributed by atoms with E-state index in [1.54, 1.807) is 0 Å². The van der Waals surface area contributed by atoms with E-state index in [1.165, 1.54) is 19.3 Å². The summed E-state index contributed by atoms with van der Waals surface area (Å²) in [6.07, 6.45) is 4.64. The lowest BCUT2D eigenvalue weighted by Gasteiger charge is -2.25. The number of aliphatic carboxylic acids is 1. The van der Waals surface area contributed by atoms with E-state index in [9.17, 15) is 9.59 Å². The predicted octanol–water partition coefficient (Wildman–Crippen LogP) is -0.0787. The molecule has 0 radical (unpaired) electrons. The number of carbonyl (C=O) groups is 2. The van der Waals surface area contributed by atoms with E-state index in [1.807, 2.05) is 0 Å². The second kappa shape index (κ2) is 6.32. The van der Waals surface area contributed by atoms with E-state index in [2.05, 4.69) is 10.6 Å². The first-order chi connectivity index (χ1) is 7.63. The molecular formula is C10H18N2O4. The number of aliphatic hydroxyl groups is 1. The van der Waals surface area contributed by atoms with Crippen LogP contribution in [0.1, 0.15) is 25.7 Å². The van der Waals surface area contributed by atoms with Gasteiger partial charge in [0, 0.05) is 6.54 Å². The van der Waals surface area contributed by atoms with E-state index >= 15 is 0 Å². The Kier molecular flexibility index (Phi) is 5.04. The van der Waals surface area contributed by atoms with Crippen LogP contribution >= 0.6 is 0 Å². The van der Waals surface area contributed by atoms with Crippen molar-refractivity contribution < 1.29 is 19.8 Å². The summed E-state index contributed by atoms with van der Waals surface area (Å²) in [5.41, 5.74) is 0. The number of hydrogen-bond donors (Lipinski definition) is 4. The number of carboxylic acid groups (broad SMARTS) is 1. The maximum absolute atomic E-state index is 11.2. The molecule has 6 nitrogen and oxygen atoms in total. The average Bonchev–Trinajstić information content (AvgIpc) is 2.17. The van der Waals surface area contributed by atoms with E-state index in [0.717, 1.165) is 6.42 Å². The molecule has 0 bridgehead atoms. The van der Waals surface area contributed by atoms with Gasteiger partial charge in [-0.05, 0) is 12.3 Å². The van der Waals surface area contributed by atoms with Crippen LogP contribution in [-0.2, 0) is 4.79 Å². The smallest absolute Gasteiger partial charge is 0.328 e. The molecule has 1 aliphatic rings. The Morgan fingerprint density at radius 2 is 2.06 bits per heavy atom. The summed E-state index contributed by atoms with van der Waals surface area (Å²) in [7, 11) is 0. The van der Waals surface area contributed by atoms with Gasteiger partial charge >= 0.3 is 12.0 Å². The standard InChI is InChI=1S/C10H18N2O4/c13-6-8(9(14)15)12-10(16)11-5-4-7-2-1-3-7/h7-8,13H,1-6H2,(H,14,15)(H2,11,12,16). The highest BCUT2D eigenvalue weighted by atomic mass is 16.4. The Bertz CT molecular complexity index is 253.